The highest BCUT2D eigenvalue weighted by Gasteiger charge is 2.24. The van der Waals surface area contributed by atoms with Gasteiger partial charge in [-0.1, -0.05) is 133 Å². The van der Waals surface area contributed by atoms with Gasteiger partial charge in [0.2, 0.25) is 0 Å². The SMILES string of the molecule is c1ccc(-c2cc3c(cc(-c4c5ccccc5c(-c5cccc6cc7c(cc56)oc5ccccc57)c5ccccc45)c4c5ccccc5oc34)o2)cc1. The van der Waals surface area contributed by atoms with Gasteiger partial charge in [-0.15, -0.1) is 0 Å². The highest BCUT2D eigenvalue weighted by molar-refractivity contribution is 6.29. The molecule has 9 aromatic carbocycles. The standard InChI is InChI=1S/C50H28O3/c1-2-13-29(14-3-1)44-27-40-46(52-44)28-41(49-37-21-9-11-24-43(37)53-50(40)49)48-34-19-6-4-17-32(34)47(33-18-5-7-20-35(33)48)36-22-12-15-30-25-39-31-16-8-10-23-42(31)51-45(39)26-38(30)36/h1-28H. The van der Waals surface area contributed by atoms with Crippen LogP contribution < -0.4 is 0 Å². The fraction of sp³-hybridized carbons (Fsp3) is 0. The van der Waals surface area contributed by atoms with Crippen molar-refractivity contribution < 1.29 is 13.3 Å². The fourth-order valence-electron chi connectivity index (χ4n) is 8.76. The third kappa shape index (κ3) is 4.05. The third-order valence-electron chi connectivity index (χ3n) is 11.1. The lowest BCUT2D eigenvalue weighted by Crippen LogP contribution is -1.92. The molecule has 3 heterocycles. The van der Waals surface area contributed by atoms with Crippen molar-refractivity contribution in [1.82, 2.24) is 0 Å². The molecular weight excluding hydrogens is 649 g/mol. The third-order valence-corrected chi connectivity index (χ3v) is 11.1. The van der Waals surface area contributed by atoms with Crippen LogP contribution in [0.25, 0.3) is 121 Å². The van der Waals surface area contributed by atoms with Crippen molar-refractivity contribution in [2.45, 2.75) is 0 Å². The summed E-state index contributed by atoms with van der Waals surface area (Å²) in [6.07, 6.45) is 0. The minimum atomic E-state index is 0.798. The highest BCUT2D eigenvalue weighted by atomic mass is 16.3. The van der Waals surface area contributed by atoms with Gasteiger partial charge in [0.25, 0.3) is 0 Å². The van der Waals surface area contributed by atoms with E-state index in [4.69, 9.17) is 13.3 Å². The monoisotopic (exact) mass is 676 g/mol. The zero-order valence-electron chi connectivity index (χ0n) is 28.4. The number of fused-ring (bicyclic) bond motifs is 11. The van der Waals surface area contributed by atoms with Crippen LogP contribution >= 0.6 is 0 Å². The van der Waals surface area contributed by atoms with Crippen molar-refractivity contribution in [2.75, 3.05) is 0 Å². The average molecular weight is 677 g/mol. The molecule has 0 aliphatic heterocycles. The minimum Gasteiger partial charge on any atom is -0.456 e. The van der Waals surface area contributed by atoms with Gasteiger partial charge in [0, 0.05) is 27.1 Å². The smallest absolute Gasteiger partial charge is 0.147 e. The molecule has 0 aliphatic carbocycles. The molecule has 0 N–H and O–H groups in total. The van der Waals surface area contributed by atoms with E-state index in [1.165, 1.54) is 38.1 Å². The van der Waals surface area contributed by atoms with Crippen LogP contribution in [-0.2, 0) is 0 Å². The van der Waals surface area contributed by atoms with E-state index in [0.29, 0.717) is 0 Å². The second kappa shape index (κ2) is 10.7. The Balaban J connectivity index is 1.21. The van der Waals surface area contributed by atoms with Crippen molar-refractivity contribution in [1.29, 1.82) is 0 Å². The minimum absolute atomic E-state index is 0.798. The molecule has 0 aliphatic rings. The predicted octanol–water partition coefficient (Wildman–Crippen LogP) is 14.7. The van der Waals surface area contributed by atoms with E-state index in [1.54, 1.807) is 0 Å². The number of benzene rings is 9. The molecule has 246 valence electrons. The Kier molecular flexibility index (Phi) is 5.77. The lowest BCUT2D eigenvalue weighted by Gasteiger charge is -2.19. The fourth-order valence-corrected chi connectivity index (χ4v) is 8.76. The molecule has 0 bridgehead atoms. The van der Waals surface area contributed by atoms with Crippen LogP contribution in [-0.4, -0.2) is 0 Å². The van der Waals surface area contributed by atoms with Crippen LogP contribution in [0, 0.1) is 0 Å². The van der Waals surface area contributed by atoms with Crippen molar-refractivity contribution in [3.63, 3.8) is 0 Å². The number of hydrogen-bond donors (Lipinski definition) is 0. The summed E-state index contributed by atoms with van der Waals surface area (Å²) in [4.78, 5) is 0. The van der Waals surface area contributed by atoms with E-state index < -0.39 is 0 Å². The number of rotatable bonds is 3. The predicted molar refractivity (Wildman–Crippen MR) is 220 cm³/mol. The molecule has 12 rings (SSSR count). The summed E-state index contributed by atoms with van der Waals surface area (Å²) in [5, 5.41) is 12.5. The van der Waals surface area contributed by atoms with Gasteiger partial charge in [-0.3, -0.25) is 0 Å². The topological polar surface area (TPSA) is 39.4 Å². The molecule has 0 unspecified atom stereocenters. The second-order valence-corrected chi connectivity index (χ2v) is 13.9. The molecule has 0 saturated heterocycles. The second-order valence-electron chi connectivity index (χ2n) is 13.9. The normalized spacial score (nSPS) is 12.2. The van der Waals surface area contributed by atoms with Crippen LogP contribution in [0.4, 0.5) is 0 Å². The first-order valence-corrected chi connectivity index (χ1v) is 18.0. The van der Waals surface area contributed by atoms with Crippen molar-refractivity contribution in [3.8, 4) is 33.6 Å². The van der Waals surface area contributed by atoms with Crippen LogP contribution in [0.1, 0.15) is 0 Å². The van der Waals surface area contributed by atoms with Gasteiger partial charge in [-0.25, -0.2) is 0 Å². The van der Waals surface area contributed by atoms with E-state index in [2.05, 4.69) is 133 Å². The van der Waals surface area contributed by atoms with Gasteiger partial charge in [0.05, 0.1) is 5.39 Å². The van der Waals surface area contributed by atoms with Crippen LogP contribution in [0.5, 0.6) is 0 Å². The molecule has 53 heavy (non-hydrogen) atoms. The van der Waals surface area contributed by atoms with Gasteiger partial charge < -0.3 is 13.3 Å². The molecule has 0 fully saturated rings. The molecule has 0 saturated carbocycles. The van der Waals surface area contributed by atoms with Gasteiger partial charge in [-0.2, -0.15) is 0 Å². The molecule has 12 aromatic rings. The average Bonchev–Trinajstić information content (AvgIpc) is 3.93. The Bertz CT molecular complexity index is 3390. The molecule has 3 heteroatoms. The number of para-hydroxylation sites is 2. The summed E-state index contributed by atoms with van der Waals surface area (Å²) < 4.78 is 19.8. The van der Waals surface area contributed by atoms with Crippen LogP contribution in [0.3, 0.4) is 0 Å². The summed E-state index contributed by atoms with van der Waals surface area (Å²) in [6.45, 7) is 0. The lowest BCUT2D eigenvalue weighted by atomic mass is 9.83. The zero-order chi connectivity index (χ0) is 34.6. The molecule has 0 spiro atoms. The molecule has 0 radical (unpaired) electrons. The Morgan fingerprint density at radius 2 is 0.887 bits per heavy atom. The van der Waals surface area contributed by atoms with Crippen LogP contribution in [0.15, 0.2) is 183 Å². The van der Waals surface area contributed by atoms with E-state index in [0.717, 1.165) is 82.7 Å². The molecule has 3 aromatic heterocycles. The first-order valence-electron chi connectivity index (χ1n) is 18.0. The van der Waals surface area contributed by atoms with Crippen molar-refractivity contribution in [2.24, 2.45) is 0 Å². The summed E-state index contributed by atoms with van der Waals surface area (Å²) in [7, 11) is 0. The Hall–Kier alpha value is -7.10. The van der Waals surface area contributed by atoms with Gasteiger partial charge in [0.1, 0.15) is 33.7 Å². The number of furan rings is 3. The number of hydrogen-bond acceptors (Lipinski definition) is 3. The Morgan fingerprint density at radius 3 is 1.60 bits per heavy atom. The first kappa shape index (κ1) is 28.6. The quantitative estimate of drug-likeness (QED) is 0.175. The maximum atomic E-state index is 6.73. The van der Waals surface area contributed by atoms with Gasteiger partial charge in [-0.05, 0) is 91.0 Å². The molecular formula is C50H28O3. The van der Waals surface area contributed by atoms with E-state index in [1.807, 2.05) is 36.4 Å². The summed E-state index contributed by atoms with van der Waals surface area (Å²) >= 11 is 0. The largest absolute Gasteiger partial charge is 0.456 e. The highest BCUT2D eigenvalue weighted by Crippen LogP contribution is 2.50. The van der Waals surface area contributed by atoms with Gasteiger partial charge in [0.15, 0.2) is 0 Å². The summed E-state index contributed by atoms with van der Waals surface area (Å²) in [5.41, 5.74) is 9.97. The van der Waals surface area contributed by atoms with Crippen molar-refractivity contribution in [3.05, 3.63) is 170 Å². The first-order chi connectivity index (χ1) is 26.3. The van der Waals surface area contributed by atoms with Gasteiger partial charge >= 0.3 is 0 Å². The zero-order valence-corrected chi connectivity index (χ0v) is 28.4. The van der Waals surface area contributed by atoms with E-state index in [9.17, 15) is 0 Å². The maximum absolute atomic E-state index is 6.73. The van der Waals surface area contributed by atoms with E-state index >= 15 is 0 Å². The molecule has 0 amide bonds. The Morgan fingerprint density at radius 1 is 0.302 bits per heavy atom. The molecule has 0 atom stereocenters. The van der Waals surface area contributed by atoms with E-state index in [-0.39, 0.29) is 0 Å². The van der Waals surface area contributed by atoms with Crippen molar-refractivity contribution >= 4 is 87.2 Å². The molecule has 3 nitrogen and oxygen atoms in total. The summed E-state index contributed by atoms with van der Waals surface area (Å²) in [5.74, 6) is 0.819. The maximum Gasteiger partial charge on any atom is 0.147 e. The summed E-state index contributed by atoms with van der Waals surface area (Å²) in [6, 6.07) is 60.1. The van der Waals surface area contributed by atoms with Crippen LogP contribution in [0.2, 0.25) is 0 Å². The Labute approximate surface area is 302 Å². The lowest BCUT2D eigenvalue weighted by molar-refractivity contribution is 0.631.